The molecule has 0 spiro atoms. The summed E-state index contributed by atoms with van der Waals surface area (Å²) in [4.78, 5) is 14.3. The van der Waals surface area contributed by atoms with E-state index in [-0.39, 0.29) is 18.4 Å². The SMILES string of the molecule is Cl.O=C1C2CCN(CC2)C1Cc1ccco1. The minimum Gasteiger partial charge on any atom is -0.469 e. The van der Waals surface area contributed by atoms with E-state index in [1.54, 1.807) is 6.26 Å². The number of hydrogen-bond acceptors (Lipinski definition) is 3. The Balaban J connectivity index is 0.000000963. The van der Waals surface area contributed by atoms with Crippen LogP contribution in [0.5, 0.6) is 0 Å². The number of furan rings is 1. The second kappa shape index (κ2) is 4.60. The lowest BCUT2D eigenvalue weighted by Gasteiger charge is -2.43. The molecule has 88 valence electrons. The molecule has 1 atom stereocenters. The van der Waals surface area contributed by atoms with Gasteiger partial charge in [0.05, 0.1) is 12.3 Å². The highest BCUT2D eigenvalue weighted by Gasteiger charge is 2.40. The van der Waals surface area contributed by atoms with Gasteiger partial charge in [-0.15, -0.1) is 12.4 Å². The summed E-state index contributed by atoms with van der Waals surface area (Å²) in [6.07, 6.45) is 4.56. The smallest absolute Gasteiger partial charge is 0.153 e. The van der Waals surface area contributed by atoms with Crippen LogP contribution in [0, 0.1) is 5.92 Å². The molecule has 4 heterocycles. The van der Waals surface area contributed by atoms with Gasteiger partial charge in [0.15, 0.2) is 5.78 Å². The van der Waals surface area contributed by atoms with Crippen molar-refractivity contribution in [3.8, 4) is 0 Å². The van der Waals surface area contributed by atoms with Crippen LogP contribution in [0.25, 0.3) is 0 Å². The fraction of sp³-hybridized carbons (Fsp3) is 0.583. The van der Waals surface area contributed by atoms with Crippen LogP contribution in [0.2, 0.25) is 0 Å². The highest BCUT2D eigenvalue weighted by Crippen LogP contribution is 2.30. The number of carbonyl (C=O) groups excluding carboxylic acids is 1. The number of hydrogen-bond donors (Lipinski definition) is 0. The quantitative estimate of drug-likeness (QED) is 0.793. The van der Waals surface area contributed by atoms with Crippen molar-refractivity contribution in [3.63, 3.8) is 0 Å². The Hall–Kier alpha value is -0.800. The molecule has 3 aliphatic rings. The lowest BCUT2D eigenvalue weighted by molar-refractivity contribution is -0.137. The average molecular weight is 242 g/mol. The predicted molar refractivity (Wildman–Crippen MR) is 62.8 cm³/mol. The molecule has 4 rings (SSSR count). The van der Waals surface area contributed by atoms with Crippen LogP contribution in [0.15, 0.2) is 22.8 Å². The van der Waals surface area contributed by atoms with E-state index in [1.807, 2.05) is 12.1 Å². The van der Waals surface area contributed by atoms with Gasteiger partial charge in [-0.05, 0) is 38.1 Å². The summed E-state index contributed by atoms with van der Waals surface area (Å²) < 4.78 is 5.31. The standard InChI is InChI=1S/C12H15NO2.ClH/c14-12-9-3-5-13(6-4-9)11(12)8-10-2-1-7-15-10;/h1-2,7,9,11H,3-6,8H2;1H. The normalized spacial score (nSPS) is 32.5. The van der Waals surface area contributed by atoms with Gasteiger partial charge in [0.2, 0.25) is 0 Å². The Kier molecular flexibility index (Phi) is 3.36. The highest BCUT2D eigenvalue weighted by molar-refractivity contribution is 5.88. The molecule has 3 aliphatic heterocycles. The summed E-state index contributed by atoms with van der Waals surface area (Å²) in [5.41, 5.74) is 0. The van der Waals surface area contributed by atoms with Crippen LogP contribution in [-0.4, -0.2) is 29.8 Å². The molecular weight excluding hydrogens is 226 g/mol. The molecule has 3 nitrogen and oxygen atoms in total. The van der Waals surface area contributed by atoms with Crippen LogP contribution in [-0.2, 0) is 11.2 Å². The minimum atomic E-state index is 0. The van der Waals surface area contributed by atoms with Gasteiger partial charge in [0, 0.05) is 12.3 Å². The van der Waals surface area contributed by atoms with Gasteiger partial charge >= 0.3 is 0 Å². The summed E-state index contributed by atoms with van der Waals surface area (Å²) >= 11 is 0. The third-order valence-corrected chi connectivity index (χ3v) is 3.68. The van der Waals surface area contributed by atoms with Crippen molar-refractivity contribution >= 4 is 18.2 Å². The van der Waals surface area contributed by atoms with E-state index in [2.05, 4.69) is 4.90 Å². The predicted octanol–water partition coefficient (Wildman–Crippen LogP) is 1.91. The van der Waals surface area contributed by atoms with Gasteiger partial charge in [-0.1, -0.05) is 0 Å². The molecule has 3 fully saturated rings. The largest absolute Gasteiger partial charge is 0.469 e. The molecule has 16 heavy (non-hydrogen) atoms. The molecule has 0 radical (unpaired) electrons. The number of carbonyl (C=O) groups is 1. The lowest BCUT2D eigenvalue weighted by atomic mass is 9.80. The Morgan fingerprint density at radius 1 is 1.38 bits per heavy atom. The number of halogens is 1. The number of nitrogens with zero attached hydrogens (tertiary/aromatic N) is 1. The molecule has 1 aromatic rings. The summed E-state index contributed by atoms with van der Waals surface area (Å²) in [7, 11) is 0. The van der Waals surface area contributed by atoms with Gasteiger partial charge < -0.3 is 4.42 Å². The first-order valence-corrected chi connectivity index (χ1v) is 5.65. The molecule has 1 unspecified atom stereocenters. The molecule has 3 saturated heterocycles. The highest BCUT2D eigenvalue weighted by atomic mass is 35.5. The third-order valence-electron chi connectivity index (χ3n) is 3.68. The van der Waals surface area contributed by atoms with Crippen molar-refractivity contribution in [2.24, 2.45) is 5.92 Å². The summed E-state index contributed by atoms with van der Waals surface area (Å²) in [6.45, 7) is 2.17. The van der Waals surface area contributed by atoms with Crippen molar-refractivity contribution in [3.05, 3.63) is 24.2 Å². The fourth-order valence-electron chi connectivity index (χ4n) is 2.80. The van der Waals surface area contributed by atoms with Gasteiger partial charge in [0.1, 0.15) is 5.76 Å². The molecule has 2 bridgehead atoms. The van der Waals surface area contributed by atoms with Gasteiger partial charge in [0.25, 0.3) is 0 Å². The first kappa shape index (κ1) is 11.7. The summed E-state index contributed by atoms with van der Waals surface area (Å²) in [6, 6.07) is 3.93. The molecule has 0 aliphatic carbocycles. The van der Waals surface area contributed by atoms with Gasteiger partial charge in [-0.25, -0.2) is 0 Å². The van der Waals surface area contributed by atoms with Crippen LogP contribution < -0.4 is 0 Å². The van der Waals surface area contributed by atoms with E-state index in [1.165, 1.54) is 0 Å². The van der Waals surface area contributed by atoms with Gasteiger partial charge in [-0.2, -0.15) is 0 Å². The lowest BCUT2D eigenvalue weighted by Crippen LogP contribution is -2.56. The molecule has 4 heteroatoms. The van der Waals surface area contributed by atoms with Crippen molar-refractivity contribution in [2.75, 3.05) is 13.1 Å². The molecule has 0 N–H and O–H groups in total. The molecule has 0 saturated carbocycles. The Bertz CT molecular complexity index is 355. The van der Waals surface area contributed by atoms with E-state index >= 15 is 0 Å². The van der Waals surface area contributed by atoms with Crippen molar-refractivity contribution in [1.82, 2.24) is 4.90 Å². The maximum absolute atomic E-state index is 12.0. The van der Waals surface area contributed by atoms with Crippen LogP contribution in [0.1, 0.15) is 18.6 Å². The zero-order chi connectivity index (χ0) is 10.3. The first-order chi connectivity index (χ1) is 7.34. The van der Waals surface area contributed by atoms with Gasteiger partial charge in [-0.3, -0.25) is 9.69 Å². The Labute approximate surface area is 101 Å². The number of Topliss-reactive ketones (excluding diaryl/α,β-unsaturated/α-hetero) is 1. The molecule has 0 aromatic carbocycles. The first-order valence-electron chi connectivity index (χ1n) is 5.65. The second-order valence-corrected chi connectivity index (χ2v) is 4.51. The summed E-state index contributed by atoms with van der Waals surface area (Å²) in [5.74, 6) is 1.69. The maximum Gasteiger partial charge on any atom is 0.153 e. The molecular formula is C12H16ClNO2. The van der Waals surface area contributed by atoms with E-state index in [9.17, 15) is 4.79 Å². The van der Waals surface area contributed by atoms with E-state index in [0.717, 1.165) is 38.1 Å². The average Bonchev–Trinajstić information content (AvgIpc) is 2.77. The monoisotopic (exact) mass is 241 g/mol. The zero-order valence-corrected chi connectivity index (χ0v) is 9.91. The maximum atomic E-state index is 12.0. The fourth-order valence-corrected chi connectivity index (χ4v) is 2.80. The van der Waals surface area contributed by atoms with Crippen molar-refractivity contribution in [1.29, 1.82) is 0 Å². The van der Waals surface area contributed by atoms with Crippen LogP contribution in [0.4, 0.5) is 0 Å². The third kappa shape index (κ3) is 1.89. The van der Waals surface area contributed by atoms with E-state index < -0.39 is 0 Å². The number of ketones is 1. The molecule has 0 amide bonds. The second-order valence-electron chi connectivity index (χ2n) is 4.51. The van der Waals surface area contributed by atoms with Crippen LogP contribution in [0.3, 0.4) is 0 Å². The molecule has 1 aromatic heterocycles. The summed E-state index contributed by atoms with van der Waals surface area (Å²) in [5, 5.41) is 0. The zero-order valence-electron chi connectivity index (χ0n) is 9.09. The van der Waals surface area contributed by atoms with Crippen molar-refractivity contribution < 1.29 is 9.21 Å². The van der Waals surface area contributed by atoms with Crippen LogP contribution >= 0.6 is 12.4 Å². The van der Waals surface area contributed by atoms with Crippen molar-refractivity contribution in [2.45, 2.75) is 25.3 Å². The Morgan fingerprint density at radius 2 is 2.12 bits per heavy atom. The van der Waals surface area contributed by atoms with E-state index in [4.69, 9.17) is 4.42 Å². The Morgan fingerprint density at radius 3 is 2.69 bits per heavy atom. The number of piperidine rings is 3. The van der Waals surface area contributed by atoms with E-state index in [0.29, 0.717) is 11.7 Å². The topological polar surface area (TPSA) is 33.5 Å². The minimum absolute atomic E-state index is 0. The number of rotatable bonds is 2. The number of fused-ring (bicyclic) bond motifs is 3.